The average molecular weight is 484 g/mol. The van der Waals surface area contributed by atoms with E-state index in [4.69, 9.17) is 0 Å². The van der Waals surface area contributed by atoms with Crippen molar-refractivity contribution >= 4 is 17.6 Å². The van der Waals surface area contributed by atoms with E-state index in [1.165, 1.54) is 5.56 Å². The summed E-state index contributed by atoms with van der Waals surface area (Å²) in [5.41, 5.74) is 4.75. The predicted octanol–water partition coefficient (Wildman–Crippen LogP) is 4.10. The van der Waals surface area contributed by atoms with Crippen LogP contribution in [0.5, 0.6) is 0 Å². The van der Waals surface area contributed by atoms with Gasteiger partial charge in [-0.3, -0.25) is 9.59 Å². The second-order valence-electron chi connectivity index (χ2n) is 9.84. The standard InChI is InChI=1S/C29H33N5O2/c1-21-8-10-23(11-9-21)26-14-15-27(31-30-26)32-16-5-17-33(19-18-32)28(35)20-34(24-12-13-24)29(36)25-7-4-3-6-22(25)2/h3-4,6-11,14-15,24H,5,12-13,16-20H2,1-2H3. The van der Waals surface area contributed by atoms with Crippen molar-refractivity contribution in [3.05, 3.63) is 77.4 Å². The number of carbonyl (C=O) groups excluding carboxylic acids is 2. The molecule has 1 saturated heterocycles. The molecule has 2 aliphatic rings. The molecule has 0 radical (unpaired) electrons. The lowest BCUT2D eigenvalue weighted by atomic mass is 10.1. The highest BCUT2D eigenvalue weighted by atomic mass is 16.2. The lowest BCUT2D eigenvalue weighted by molar-refractivity contribution is -0.131. The molecule has 0 bridgehead atoms. The molecular formula is C29H33N5O2. The molecule has 1 aliphatic carbocycles. The summed E-state index contributed by atoms with van der Waals surface area (Å²) in [6.45, 7) is 6.95. The van der Waals surface area contributed by atoms with Crippen LogP contribution >= 0.6 is 0 Å². The van der Waals surface area contributed by atoms with Gasteiger partial charge in [-0.2, -0.15) is 0 Å². The summed E-state index contributed by atoms with van der Waals surface area (Å²) < 4.78 is 0. The first kappa shape index (κ1) is 24.0. The number of nitrogens with zero attached hydrogens (tertiary/aromatic N) is 5. The first-order valence-corrected chi connectivity index (χ1v) is 12.8. The van der Waals surface area contributed by atoms with Crippen LogP contribution in [0.25, 0.3) is 11.3 Å². The third-order valence-electron chi connectivity index (χ3n) is 7.10. The molecule has 186 valence electrons. The molecule has 5 rings (SSSR count). The molecule has 7 heteroatoms. The van der Waals surface area contributed by atoms with Gasteiger partial charge < -0.3 is 14.7 Å². The Morgan fingerprint density at radius 2 is 1.67 bits per heavy atom. The lowest BCUT2D eigenvalue weighted by Crippen LogP contribution is -2.45. The second-order valence-corrected chi connectivity index (χ2v) is 9.84. The van der Waals surface area contributed by atoms with Gasteiger partial charge in [0.05, 0.1) is 5.69 Å². The molecule has 2 amide bonds. The minimum atomic E-state index is -0.0376. The van der Waals surface area contributed by atoms with Crippen molar-refractivity contribution in [3.63, 3.8) is 0 Å². The summed E-state index contributed by atoms with van der Waals surface area (Å²) in [5.74, 6) is 0.810. The van der Waals surface area contributed by atoms with Gasteiger partial charge in [-0.1, -0.05) is 48.0 Å². The summed E-state index contributed by atoms with van der Waals surface area (Å²) in [6, 6.07) is 20.1. The van der Waals surface area contributed by atoms with E-state index in [0.717, 1.165) is 48.4 Å². The van der Waals surface area contributed by atoms with Crippen LogP contribution in [0, 0.1) is 13.8 Å². The molecule has 1 aromatic heterocycles. The number of carbonyl (C=O) groups is 2. The van der Waals surface area contributed by atoms with Crippen molar-refractivity contribution < 1.29 is 9.59 Å². The van der Waals surface area contributed by atoms with Crippen molar-refractivity contribution in [1.29, 1.82) is 0 Å². The summed E-state index contributed by atoms with van der Waals surface area (Å²) >= 11 is 0. The van der Waals surface area contributed by atoms with Crippen molar-refractivity contribution in [2.24, 2.45) is 0 Å². The smallest absolute Gasteiger partial charge is 0.254 e. The third-order valence-corrected chi connectivity index (χ3v) is 7.10. The number of rotatable bonds is 6. The van der Waals surface area contributed by atoms with Crippen LogP contribution < -0.4 is 4.90 Å². The Balaban J connectivity index is 1.21. The maximum absolute atomic E-state index is 13.3. The van der Waals surface area contributed by atoms with Gasteiger partial charge in [-0.15, -0.1) is 10.2 Å². The predicted molar refractivity (Wildman–Crippen MR) is 141 cm³/mol. The van der Waals surface area contributed by atoms with E-state index in [0.29, 0.717) is 25.2 Å². The summed E-state index contributed by atoms with van der Waals surface area (Å²) in [6.07, 6.45) is 2.79. The Bertz CT molecular complexity index is 1220. The highest BCUT2D eigenvalue weighted by Crippen LogP contribution is 2.29. The molecule has 3 aromatic rings. The van der Waals surface area contributed by atoms with Crippen molar-refractivity contribution in [3.8, 4) is 11.3 Å². The zero-order valence-electron chi connectivity index (χ0n) is 21.1. The van der Waals surface area contributed by atoms with Crippen LogP contribution in [0.1, 0.15) is 40.7 Å². The fraction of sp³-hybridized carbons (Fsp3) is 0.379. The SMILES string of the molecule is Cc1ccc(-c2ccc(N3CCCN(C(=O)CN(C(=O)c4ccccc4C)C4CC4)CC3)nn2)cc1. The van der Waals surface area contributed by atoms with Crippen molar-refractivity contribution in [1.82, 2.24) is 20.0 Å². The van der Waals surface area contributed by atoms with Gasteiger partial charge in [-0.05, 0) is 56.9 Å². The molecular weight excluding hydrogens is 450 g/mol. The molecule has 2 aromatic carbocycles. The maximum Gasteiger partial charge on any atom is 0.254 e. The maximum atomic E-state index is 13.3. The number of anilines is 1. The Morgan fingerprint density at radius 1 is 0.889 bits per heavy atom. The quantitative estimate of drug-likeness (QED) is 0.528. The normalized spacial score (nSPS) is 15.9. The minimum absolute atomic E-state index is 0.0199. The molecule has 0 atom stereocenters. The van der Waals surface area contributed by atoms with Crippen LogP contribution in [-0.2, 0) is 4.79 Å². The highest BCUT2D eigenvalue weighted by molar-refractivity contribution is 5.98. The van der Waals surface area contributed by atoms with E-state index in [9.17, 15) is 9.59 Å². The average Bonchev–Trinajstić information content (AvgIpc) is 3.75. The van der Waals surface area contributed by atoms with Gasteiger partial charge >= 0.3 is 0 Å². The summed E-state index contributed by atoms with van der Waals surface area (Å²) in [4.78, 5) is 32.4. The molecule has 2 fully saturated rings. The zero-order chi connectivity index (χ0) is 25.1. The number of aromatic nitrogens is 2. The largest absolute Gasteiger partial charge is 0.353 e. The van der Waals surface area contributed by atoms with Gasteiger partial charge in [0, 0.05) is 43.3 Å². The van der Waals surface area contributed by atoms with Crippen molar-refractivity contribution in [2.45, 2.75) is 39.2 Å². The Hall–Kier alpha value is -3.74. The van der Waals surface area contributed by atoms with Gasteiger partial charge in [0.2, 0.25) is 5.91 Å². The molecule has 0 spiro atoms. The van der Waals surface area contributed by atoms with E-state index in [2.05, 4.69) is 46.3 Å². The van der Waals surface area contributed by atoms with E-state index < -0.39 is 0 Å². The lowest BCUT2D eigenvalue weighted by Gasteiger charge is -2.27. The van der Waals surface area contributed by atoms with E-state index in [1.807, 2.05) is 48.2 Å². The van der Waals surface area contributed by atoms with E-state index in [-0.39, 0.29) is 24.4 Å². The van der Waals surface area contributed by atoms with Gasteiger partial charge in [-0.25, -0.2) is 0 Å². The highest BCUT2D eigenvalue weighted by Gasteiger charge is 2.35. The molecule has 1 aliphatic heterocycles. The third kappa shape index (κ3) is 5.40. The Morgan fingerprint density at radius 3 is 2.36 bits per heavy atom. The van der Waals surface area contributed by atoms with Gasteiger partial charge in [0.25, 0.3) is 5.91 Å². The van der Waals surface area contributed by atoms with Gasteiger partial charge in [0.15, 0.2) is 5.82 Å². The van der Waals surface area contributed by atoms with Crippen LogP contribution in [0.2, 0.25) is 0 Å². The monoisotopic (exact) mass is 483 g/mol. The zero-order valence-corrected chi connectivity index (χ0v) is 21.1. The van der Waals surface area contributed by atoms with Crippen LogP contribution in [0.15, 0.2) is 60.7 Å². The molecule has 1 saturated carbocycles. The number of aryl methyl sites for hydroxylation is 2. The topological polar surface area (TPSA) is 69.6 Å². The Labute approximate surface area is 212 Å². The fourth-order valence-corrected chi connectivity index (χ4v) is 4.73. The summed E-state index contributed by atoms with van der Waals surface area (Å²) in [7, 11) is 0. The van der Waals surface area contributed by atoms with Crippen molar-refractivity contribution in [2.75, 3.05) is 37.6 Å². The fourth-order valence-electron chi connectivity index (χ4n) is 4.73. The number of hydrogen-bond acceptors (Lipinski definition) is 5. The van der Waals surface area contributed by atoms with Gasteiger partial charge in [0.1, 0.15) is 6.54 Å². The van der Waals surface area contributed by atoms with Crippen LogP contribution in [-0.4, -0.2) is 70.6 Å². The second kappa shape index (κ2) is 10.5. The van der Waals surface area contributed by atoms with Crippen LogP contribution in [0.3, 0.4) is 0 Å². The number of benzene rings is 2. The first-order chi connectivity index (χ1) is 17.5. The number of amides is 2. The molecule has 36 heavy (non-hydrogen) atoms. The first-order valence-electron chi connectivity index (χ1n) is 12.8. The van der Waals surface area contributed by atoms with E-state index in [1.54, 1.807) is 4.90 Å². The van der Waals surface area contributed by atoms with Crippen LogP contribution in [0.4, 0.5) is 5.82 Å². The Kier molecular flexibility index (Phi) is 6.98. The minimum Gasteiger partial charge on any atom is -0.353 e. The van der Waals surface area contributed by atoms with E-state index >= 15 is 0 Å². The number of hydrogen-bond donors (Lipinski definition) is 0. The summed E-state index contributed by atoms with van der Waals surface area (Å²) in [5, 5.41) is 8.92. The molecule has 0 unspecified atom stereocenters. The molecule has 7 nitrogen and oxygen atoms in total. The molecule has 0 N–H and O–H groups in total. The molecule has 2 heterocycles.